The van der Waals surface area contributed by atoms with Gasteiger partial charge < -0.3 is 24.7 Å². The van der Waals surface area contributed by atoms with Crippen molar-refractivity contribution < 1.29 is 0 Å². The molecule has 3 heterocycles. The first-order valence-electron chi connectivity index (χ1n) is 11.6. The standard InChI is InChI=1S/C26H28Cl2N6O/c1-5-20(34-13-11-32(3)12-14-34)22-15(2)16-9-10-19-24(21(16)25(35)30-22)33(4)26(29-19)31-23-17(27)7-6-8-18(23)28/h5-10H,11-14H2,1-4H3,(H,29,31)(H,30,35)/b20-5+. The minimum absolute atomic E-state index is 0.134. The number of para-hydroxylation sites is 1. The van der Waals surface area contributed by atoms with Crippen LogP contribution in [0, 0.1) is 6.92 Å². The Morgan fingerprint density at radius 2 is 1.77 bits per heavy atom. The van der Waals surface area contributed by atoms with Crippen molar-refractivity contribution >= 4 is 62.3 Å². The molecular formula is C26H28Cl2N6O. The zero-order valence-corrected chi connectivity index (χ0v) is 21.8. The summed E-state index contributed by atoms with van der Waals surface area (Å²) < 4.78 is 1.88. The summed E-state index contributed by atoms with van der Waals surface area (Å²) in [5, 5.41) is 5.76. The number of hydrogen-bond donors (Lipinski definition) is 2. The Morgan fingerprint density at radius 1 is 1.09 bits per heavy atom. The van der Waals surface area contributed by atoms with Crippen LogP contribution in [-0.2, 0) is 7.05 Å². The quantitative estimate of drug-likeness (QED) is 0.385. The molecule has 0 bridgehead atoms. The van der Waals surface area contributed by atoms with Crippen LogP contribution in [0.5, 0.6) is 0 Å². The second kappa shape index (κ2) is 9.22. The van der Waals surface area contributed by atoms with Crippen LogP contribution < -0.4 is 10.9 Å². The first-order valence-corrected chi connectivity index (χ1v) is 12.4. The monoisotopic (exact) mass is 510 g/mol. The number of nitrogens with zero attached hydrogens (tertiary/aromatic N) is 4. The Labute approximate surface area is 214 Å². The van der Waals surface area contributed by atoms with E-state index < -0.39 is 0 Å². The van der Waals surface area contributed by atoms with Crippen LogP contribution >= 0.6 is 23.2 Å². The van der Waals surface area contributed by atoms with Crippen LogP contribution in [0.3, 0.4) is 0 Å². The van der Waals surface area contributed by atoms with Crippen molar-refractivity contribution in [1.82, 2.24) is 24.3 Å². The molecule has 4 aromatic rings. The van der Waals surface area contributed by atoms with Crippen LogP contribution in [0.1, 0.15) is 18.2 Å². The lowest BCUT2D eigenvalue weighted by molar-refractivity contribution is 0.207. The maximum absolute atomic E-state index is 13.5. The number of allylic oxidation sites excluding steroid dienone is 1. The Kier molecular flexibility index (Phi) is 6.25. The number of halogens is 2. The van der Waals surface area contributed by atoms with Gasteiger partial charge in [-0.1, -0.05) is 41.4 Å². The summed E-state index contributed by atoms with van der Waals surface area (Å²) in [4.78, 5) is 26.1. The van der Waals surface area contributed by atoms with Crippen molar-refractivity contribution in [2.75, 3.05) is 38.5 Å². The summed E-state index contributed by atoms with van der Waals surface area (Å²) in [5.74, 6) is 0.551. The highest BCUT2D eigenvalue weighted by molar-refractivity contribution is 6.39. The van der Waals surface area contributed by atoms with Crippen molar-refractivity contribution in [3.05, 3.63) is 68.1 Å². The molecule has 0 aliphatic carbocycles. The SMILES string of the molecule is C/C=C(\c1[nH]c(=O)c2c(ccc3nc(Nc4c(Cl)cccc4Cl)n(C)c32)c1C)N1CCN(C)CC1. The normalized spacial score (nSPS) is 15.4. The first kappa shape index (κ1) is 23.7. The number of H-pyrrole nitrogens is 1. The van der Waals surface area contributed by atoms with Crippen molar-refractivity contribution in [3.8, 4) is 0 Å². The van der Waals surface area contributed by atoms with Gasteiger partial charge in [0.2, 0.25) is 5.95 Å². The Balaban J connectivity index is 1.64. The van der Waals surface area contributed by atoms with E-state index in [1.165, 1.54) is 0 Å². The molecule has 0 saturated carbocycles. The van der Waals surface area contributed by atoms with E-state index in [1.54, 1.807) is 18.2 Å². The molecule has 7 nitrogen and oxygen atoms in total. The third-order valence-corrected chi connectivity index (χ3v) is 7.48. The van der Waals surface area contributed by atoms with E-state index in [1.807, 2.05) is 30.7 Å². The molecule has 1 aliphatic heterocycles. The average molecular weight is 511 g/mol. The lowest BCUT2D eigenvalue weighted by Gasteiger charge is -2.36. The van der Waals surface area contributed by atoms with Crippen LogP contribution in [0.25, 0.3) is 27.5 Å². The van der Waals surface area contributed by atoms with Crippen molar-refractivity contribution in [3.63, 3.8) is 0 Å². The average Bonchev–Trinajstić information content (AvgIpc) is 3.16. The number of rotatable bonds is 4. The number of hydrogen-bond acceptors (Lipinski definition) is 5. The molecular weight excluding hydrogens is 483 g/mol. The summed E-state index contributed by atoms with van der Waals surface area (Å²) in [6.07, 6.45) is 2.09. The van der Waals surface area contributed by atoms with Gasteiger partial charge in [0.1, 0.15) is 0 Å². The molecule has 2 N–H and O–H groups in total. The van der Waals surface area contributed by atoms with E-state index in [4.69, 9.17) is 28.2 Å². The number of aromatic nitrogens is 3. The number of benzene rings is 2. The Bertz CT molecular complexity index is 1510. The van der Waals surface area contributed by atoms with E-state index in [-0.39, 0.29) is 5.56 Å². The minimum Gasteiger partial charge on any atom is -0.368 e. The van der Waals surface area contributed by atoms with E-state index >= 15 is 0 Å². The smallest absolute Gasteiger partial charge is 0.258 e. The molecule has 1 saturated heterocycles. The van der Waals surface area contributed by atoms with Gasteiger partial charge in [-0.15, -0.1) is 0 Å². The number of nitrogens with one attached hydrogen (secondary N) is 2. The highest BCUT2D eigenvalue weighted by atomic mass is 35.5. The van der Waals surface area contributed by atoms with Gasteiger partial charge in [0.05, 0.1) is 43.5 Å². The van der Waals surface area contributed by atoms with Crippen LogP contribution in [0.15, 0.2) is 41.2 Å². The number of fused-ring (bicyclic) bond motifs is 3. The van der Waals surface area contributed by atoms with Crippen molar-refractivity contribution in [2.24, 2.45) is 7.05 Å². The molecule has 0 spiro atoms. The van der Waals surface area contributed by atoms with E-state index in [0.29, 0.717) is 32.6 Å². The number of aromatic amines is 1. The summed E-state index contributed by atoms with van der Waals surface area (Å²) in [7, 11) is 4.02. The zero-order valence-electron chi connectivity index (χ0n) is 20.2. The molecule has 35 heavy (non-hydrogen) atoms. The van der Waals surface area contributed by atoms with Crippen molar-refractivity contribution in [2.45, 2.75) is 13.8 Å². The van der Waals surface area contributed by atoms with Gasteiger partial charge in [-0.2, -0.15) is 0 Å². The predicted molar refractivity (Wildman–Crippen MR) is 146 cm³/mol. The third kappa shape index (κ3) is 4.07. The van der Waals surface area contributed by atoms with E-state index in [9.17, 15) is 4.79 Å². The van der Waals surface area contributed by atoms with Gasteiger partial charge in [0, 0.05) is 33.2 Å². The Hall–Kier alpha value is -3.00. The summed E-state index contributed by atoms with van der Waals surface area (Å²) in [5.41, 5.74) is 4.89. The van der Waals surface area contributed by atoms with Crippen LogP contribution in [-0.4, -0.2) is 57.6 Å². The molecule has 0 amide bonds. The molecule has 1 aliphatic rings. The topological polar surface area (TPSA) is 69.2 Å². The maximum atomic E-state index is 13.5. The molecule has 1 fully saturated rings. The molecule has 9 heteroatoms. The molecule has 0 radical (unpaired) electrons. The van der Waals surface area contributed by atoms with Gasteiger partial charge >= 0.3 is 0 Å². The molecule has 0 unspecified atom stereocenters. The lowest BCUT2D eigenvalue weighted by atomic mass is 10.0. The van der Waals surface area contributed by atoms with Gasteiger partial charge in [-0.25, -0.2) is 4.98 Å². The highest BCUT2D eigenvalue weighted by Crippen LogP contribution is 2.35. The van der Waals surface area contributed by atoms with Gasteiger partial charge in [0.25, 0.3) is 5.56 Å². The Morgan fingerprint density at radius 3 is 2.43 bits per heavy atom. The minimum atomic E-state index is -0.134. The molecule has 5 rings (SSSR count). The highest BCUT2D eigenvalue weighted by Gasteiger charge is 2.22. The number of anilines is 2. The molecule has 0 atom stereocenters. The third-order valence-electron chi connectivity index (χ3n) is 6.85. The predicted octanol–water partition coefficient (Wildman–Crippen LogP) is 5.38. The van der Waals surface area contributed by atoms with Crippen LogP contribution in [0.4, 0.5) is 11.6 Å². The maximum Gasteiger partial charge on any atom is 0.258 e. The largest absolute Gasteiger partial charge is 0.368 e. The zero-order chi connectivity index (χ0) is 24.9. The van der Waals surface area contributed by atoms with Gasteiger partial charge in [-0.05, 0) is 50.0 Å². The summed E-state index contributed by atoms with van der Waals surface area (Å²) in [6.45, 7) is 7.94. The fourth-order valence-electron chi connectivity index (χ4n) is 4.88. The second-order valence-electron chi connectivity index (χ2n) is 8.99. The number of piperazine rings is 1. The fraction of sp³-hybridized carbons (Fsp3) is 0.308. The summed E-state index contributed by atoms with van der Waals surface area (Å²) in [6, 6.07) is 9.27. The van der Waals surface area contributed by atoms with Crippen LogP contribution in [0.2, 0.25) is 10.0 Å². The molecule has 2 aromatic carbocycles. The second-order valence-corrected chi connectivity index (χ2v) is 9.80. The summed E-state index contributed by atoms with van der Waals surface area (Å²) >= 11 is 12.7. The van der Waals surface area contributed by atoms with Gasteiger partial charge in [-0.3, -0.25) is 4.79 Å². The molecule has 2 aromatic heterocycles. The van der Waals surface area contributed by atoms with E-state index in [2.05, 4.69) is 40.1 Å². The number of likely N-dealkylation sites (N-methyl/N-ethyl adjacent to an activating group) is 1. The van der Waals surface area contributed by atoms with Gasteiger partial charge in [0.15, 0.2) is 0 Å². The number of aryl methyl sites for hydroxylation is 2. The number of pyridine rings is 1. The molecule has 182 valence electrons. The van der Waals surface area contributed by atoms with Crippen molar-refractivity contribution in [1.29, 1.82) is 0 Å². The first-order chi connectivity index (χ1) is 16.8. The fourth-order valence-corrected chi connectivity index (χ4v) is 5.37. The lowest BCUT2D eigenvalue weighted by Crippen LogP contribution is -2.43. The van der Waals surface area contributed by atoms with E-state index in [0.717, 1.165) is 54.0 Å². The number of imidazole rings is 1.